The maximum Gasteiger partial charge on any atom is 0.220 e. The van der Waals surface area contributed by atoms with Crippen molar-refractivity contribution < 1.29 is 4.42 Å². The minimum Gasteiger partial charge on any atom is -0.453 e. The number of anilines is 1. The molecule has 0 saturated carbocycles. The molecule has 4 aromatic rings. The molecule has 1 fully saturated rings. The minimum atomic E-state index is -0.196. The molecule has 0 radical (unpaired) electrons. The van der Waals surface area contributed by atoms with Gasteiger partial charge in [-0.25, -0.2) is 4.98 Å². The summed E-state index contributed by atoms with van der Waals surface area (Å²) in [6.45, 7) is 6.07. The molecule has 0 aliphatic carbocycles. The average molecular weight is 456 g/mol. The molecule has 2 aromatic carbocycles. The molecule has 7 heteroatoms. The average Bonchev–Trinajstić information content (AvgIpc) is 2.79. The molecule has 1 aliphatic heterocycles. The maximum atomic E-state index is 13.1. The van der Waals surface area contributed by atoms with Crippen LogP contribution in [0.3, 0.4) is 0 Å². The molecular weight excluding hydrogens is 433 g/mol. The fourth-order valence-electron chi connectivity index (χ4n) is 4.18. The second-order valence-electron chi connectivity index (χ2n) is 7.52. The van der Waals surface area contributed by atoms with Gasteiger partial charge in [-0.15, -0.1) is 12.4 Å². The molecule has 2 aromatic heterocycles. The van der Waals surface area contributed by atoms with Gasteiger partial charge in [-0.1, -0.05) is 36.7 Å². The number of fused-ring (bicyclic) bond motifs is 2. The Morgan fingerprint density at radius 1 is 1.13 bits per heavy atom. The number of pyridine rings is 1. The number of hydrogen-bond donors (Lipinski definition) is 1. The number of nitrogens with zero attached hydrogens (tertiary/aromatic N) is 2. The monoisotopic (exact) mass is 455 g/mol. The Hall–Kier alpha value is -2.60. The Balaban J connectivity index is 0.00000231. The lowest BCUT2D eigenvalue weighted by Gasteiger charge is -2.29. The van der Waals surface area contributed by atoms with Gasteiger partial charge in [-0.2, -0.15) is 0 Å². The van der Waals surface area contributed by atoms with Crippen LogP contribution in [0.1, 0.15) is 12.5 Å². The fraction of sp³-hybridized carbons (Fsp3) is 0.250. The first-order valence-corrected chi connectivity index (χ1v) is 10.6. The Morgan fingerprint density at radius 2 is 1.87 bits per heavy atom. The number of hydrogen-bond acceptors (Lipinski definition) is 5. The molecule has 5 rings (SSSR count). The highest BCUT2D eigenvalue weighted by molar-refractivity contribution is 6.35. The smallest absolute Gasteiger partial charge is 0.220 e. The standard InChI is InChI=1S/C24H22ClN3O2.ClH/c1-2-15-14-27-22-23(29)21-18(25)4-3-5-19(21)30-24(22)20(15)16-6-8-17(9-7-16)28-12-10-26-11-13-28;/h3-9,14,26H,2,10-13H2,1H3;1H. The topological polar surface area (TPSA) is 58.4 Å². The first-order chi connectivity index (χ1) is 14.7. The summed E-state index contributed by atoms with van der Waals surface area (Å²) < 4.78 is 6.22. The van der Waals surface area contributed by atoms with E-state index in [0.717, 1.165) is 49.3 Å². The van der Waals surface area contributed by atoms with Crippen LogP contribution < -0.4 is 15.6 Å². The SMILES string of the molecule is CCc1cnc2c(=O)c3c(Cl)cccc3oc2c1-c1ccc(N2CCNCC2)cc1.Cl. The van der Waals surface area contributed by atoms with Gasteiger partial charge in [0.05, 0.1) is 10.4 Å². The molecular formula is C24H23Cl2N3O2. The van der Waals surface area contributed by atoms with Crippen molar-refractivity contribution in [2.24, 2.45) is 0 Å². The van der Waals surface area contributed by atoms with E-state index in [1.54, 1.807) is 24.4 Å². The van der Waals surface area contributed by atoms with Gasteiger partial charge in [-0.05, 0) is 41.8 Å². The first kappa shape index (κ1) is 21.6. The van der Waals surface area contributed by atoms with Crippen molar-refractivity contribution in [2.45, 2.75) is 13.3 Å². The molecule has 1 saturated heterocycles. The van der Waals surface area contributed by atoms with E-state index in [4.69, 9.17) is 16.0 Å². The van der Waals surface area contributed by atoms with Gasteiger partial charge in [0.2, 0.25) is 5.43 Å². The summed E-state index contributed by atoms with van der Waals surface area (Å²) in [7, 11) is 0. The van der Waals surface area contributed by atoms with Gasteiger partial charge >= 0.3 is 0 Å². The number of aryl methyl sites for hydroxylation is 1. The third kappa shape index (κ3) is 3.78. The van der Waals surface area contributed by atoms with Gasteiger partial charge in [-0.3, -0.25) is 4.79 Å². The second-order valence-corrected chi connectivity index (χ2v) is 7.93. The predicted molar refractivity (Wildman–Crippen MR) is 130 cm³/mol. The van der Waals surface area contributed by atoms with Gasteiger partial charge < -0.3 is 14.6 Å². The summed E-state index contributed by atoms with van der Waals surface area (Å²) in [6.07, 6.45) is 2.57. The molecule has 1 aliphatic rings. The van der Waals surface area contributed by atoms with Crippen molar-refractivity contribution in [1.29, 1.82) is 0 Å². The number of piperazine rings is 1. The molecule has 5 nitrogen and oxygen atoms in total. The van der Waals surface area contributed by atoms with Crippen molar-refractivity contribution in [3.8, 4) is 11.1 Å². The van der Waals surface area contributed by atoms with Gasteiger partial charge in [0.1, 0.15) is 5.58 Å². The number of benzene rings is 2. The van der Waals surface area contributed by atoms with Gasteiger partial charge in [0, 0.05) is 43.6 Å². The maximum absolute atomic E-state index is 13.1. The molecule has 31 heavy (non-hydrogen) atoms. The Morgan fingerprint density at radius 3 is 2.58 bits per heavy atom. The predicted octanol–water partition coefficient (Wildman–Crippen LogP) is 5.06. The molecule has 160 valence electrons. The number of nitrogens with one attached hydrogen (secondary N) is 1. The molecule has 0 bridgehead atoms. The third-order valence-corrected chi connectivity index (χ3v) is 6.08. The van der Waals surface area contributed by atoms with Crippen LogP contribution >= 0.6 is 24.0 Å². The van der Waals surface area contributed by atoms with Crippen LogP contribution in [0.5, 0.6) is 0 Å². The summed E-state index contributed by atoms with van der Waals surface area (Å²) in [5.74, 6) is 0. The zero-order chi connectivity index (χ0) is 20.7. The largest absolute Gasteiger partial charge is 0.453 e. The lowest BCUT2D eigenvalue weighted by molar-refractivity contribution is 0.589. The van der Waals surface area contributed by atoms with Crippen LogP contribution in [0.2, 0.25) is 5.02 Å². The van der Waals surface area contributed by atoms with Gasteiger partial charge in [0.25, 0.3) is 0 Å². The molecule has 0 unspecified atom stereocenters. The molecule has 0 spiro atoms. The first-order valence-electron chi connectivity index (χ1n) is 10.3. The van der Waals surface area contributed by atoms with Crippen molar-refractivity contribution in [2.75, 3.05) is 31.1 Å². The van der Waals surface area contributed by atoms with Crippen molar-refractivity contribution in [1.82, 2.24) is 10.3 Å². The van der Waals surface area contributed by atoms with E-state index < -0.39 is 0 Å². The van der Waals surface area contributed by atoms with E-state index in [1.807, 2.05) is 0 Å². The Bertz CT molecular complexity index is 1300. The molecule has 1 N–H and O–H groups in total. The highest BCUT2D eigenvalue weighted by atomic mass is 35.5. The molecule has 0 amide bonds. The van der Waals surface area contributed by atoms with E-state index in [0.29, 0.717) is 27.1 Å². The number of halogens is 2. The molecule has 0 atom stereocenters. The summed E-state index contributed by atoms with van der Waals surface area (Å²) in [4.78, 5) is 19.9. The van der Waals surface area contributed by atoms with Crippen LogP contribution in [-0.4, -0.2) is 31.2 Å². The Kier molecular flexibility index (Phi) is 6.19. The lowest BCUT2D eigenvalue weighted by Crippen LogP contribution is -2.43. The van der Waals surface area contributed by atoms with Crippen LogP contribution in [-0.2, 0) is 6.42 Å². The van der Waals surface area contributed by atoms with Gasteiger partial charge in [0.15, 0.2) is 11.1 Å². The fourth-order valence-corrected chi connectivity index (χ4v) is 4.43. The van der Waals surface area contributed by atoms with E-state index >= 15 is 0 Å². The zero-order valence-electron chi connectivity index (χ0n) is 17.2. The highest BCUT2D eigenvalue weighted by Crippen LogP contribution is 2.34. The number of rotatable bonds is 3. The van der Waals surface area contributed by atoms with E-state index in [-0.39, 0.29) is 17.8 Å². The van der Waals surface area contributed by atoms with Crippen LogP contribution in [0, 0.1) is 0 Å². The minimum absolute atomic E-state index is 0. The van der Waals surface area contributed by atoms with Crippen molar-refractivity contribution in [3.63, 3.8) is 0 Å². The van der Waals surface area contributed by atoms with Crippen molar-refractivity contribution in [3.05, 3.63) is 69.5 Å². The summed E-state index contributed by atoms with van der Waals surface area (Å²) in [5.41, 5.74) is 5.30. The third-order valence-electron chi connectivity index (χ3n) is 5.76. The van der Waals surface area contributed by atoms with Crippen molar-refractivity contribution >= 4 is 51.8 Å². The second kappa shape index (κ2) is 8.87. The van der Waals surface area contributed by atoms with E-state index in [2.05, 4.69) is 46.4 Å². The summed E-state index contributed by atoms with van der Waals surface area (Å²) in [5, 5.41) is 4.14. The van der Waals surface area contributed by atoms with Crippen LogP contribution in [0.25, 0.3) is 33.2 Å². The Labute approximate surface area is 191 Å². The summed E-state index contributed by atoms with van der Waals surface area (Å²) in [6, 6.07) is 13.8. The van der Waals surface area contributed by atoms with Crippen LogP contribution in [0.4, 0.5) is 5.69 Å². The quantitative estimate of drug-likeness (QED) is 0.437. The zero-order valence-corrected chi connectivity index (χ0v) is 18.7. The van der Waals surface area contributed by atoms with E-state index in [9.17, 15) is 4.79 Å². The molecule has 3 heterocycles. The van der Waals surface area contributed by atoms with Crippen LogP contribution in [0.15, 0.2) is 57.9 Å². The highest BCUT2D eigenvalue weighted by Gasteiger charge is 2.19. The normalized spacial score (nSPS) is 14.1. The number of aromatic nitrogens is 1. The lowest BCUT2D eigenvalue weighted by atomic mass is 9.97. The summed E-state index contributed by atoms with van der Waals surface area (Å²) >= 11 is 6.27. The van der Waals surface area contributed by atoms with E-state index in [1.165, 1.54) is 5.69 Å².